The van der Waals surface area contributed by atoms with Gasteiger partial charge < -0.3 is 5.11 Å². The van der Waals surface area contributed by atoms with E-state index in [1.165, 1.54) is 24.4 Å². The number of aromatic hydroxyl groups is 1. The third-order valence-corrected chi connectivity index (χ3v) is 5.43. The molecule has 0 spiro atoms. The topological polar surface area (TPSA) is 92.2 Å². The van der Waals surface area contributed by atoms with Gasteiger partial charge in [0, 0.05) is 12.6 Å². The third-order valence-electron chi connectivity index (χ3n) is 3.09. The summed E-state index contributed by atoms with van der Waals surface area (Å²) in [7, 11) is -3.87. The molecule has 3 rings (SSSR count). The van der Waals surface area contributed by atoms with Crippen molar-refractivity contribution in [1.29, 1.82) is 0 Å². The first-order chi connectivity index (χ1) is 11.4. The maximum Gasteiger partial charge on any atom is 0.281 e. The summed E-state index contributed by atoms with van der Waals surface area (Å²) in [5.41, 5.74) is 0.773. The van der Waals surface area contributed by atoms with Gasteiger partial charge in [-0.25, -0.2) is 9.37 Å². The molecule has 6 nitrogen and oxygen atoms in total. The van der Waals surface area contributed by atoms with Crippen LogP contribution in [0.2, 0.25) is 0 Å². The van der Waals surface area contributed by atoms with Crippen LogP contribution in [0.5, 0.6) is 5.88 Å². The molecule has 2 heterocycles. The minimum Gasteiger partial charge on any atom is -0.492 e. The zero-order valence-corrected chi connectivity index (χ0v) is 13.8. The lowest BCUT2D eigenvalue weighted by Crippen LogP contribution is -2.13. The monoisotopic (exact) mass is 365 g/mol. The summed E-state index contributed by atoms with van der Waals surface area (Å²) in [5.74, 6) is -0.612. The molecule has 0 atom stereocenters. The second-order valence-electron chi connectivity index (χ2n) is 4.84. The standard InChI is InChI=1S/C15H12FN3O3S2/c16-11-6-4-10(5-7-11)9-12-14(20)18-15(23-12)19-24(21,22)13-3-1-2-8-17-13/h1-8,20H,9H2,(H,18,19). The number of benzene rings is 1. The minimum atomic E-state index is -3.87. The number of hydrogen-bond acceptors (Lipinski definition) is 6. The number of rotatable bonds is 5. The number of thiazole rings is 1. The van der Waals surface area contributed by atoms with E-state index in [9.17, 15) is 17.9 Å². The summed E-state index contributed by atoms with van der Waals surface area (Å²) >= 11 is 1.01. The van der Waals surface area contributed by atoms with E-state index in [-0.39, 0.29) is 21.9 Å². The Labute approximate surface area is 141 Å². The molecule has 0 saturated heterocycles. The number of anilines is 1. The van der Waals surface area contributed by atoms with Gasteiger partial charge in [-0.15, -0.1) is 0 Å². The maximum absolute atomic E-state index is 12.9. The van der Waals surface area contributed by atoms with E-state index in [1.807, 2.05) is 0 Å². The number of aromatic nitrogens is 2. The molecular weight excluding hydrogens is 353 g/mol. The van der Waals surface area contributed by atoms with Crippen molar-refractivity contribution in [3.05, 3.63) is 64.9 Å². The molecule has 0 fully saturated rings. The van der Waals surface area contributed by atoms with Crippen molar-refractivity contribution in [2.75, 3.05) is 4.72 Å². The first-order valence-electron chi connectivity index (χ1n) is 6.81. The average molecular weight is 365 g/mol. The maximum atomic E-state index is 12.9. The molecule has 124 valence electrons. The van der Waals surface area contributed by atoms with E-state index in [0.29, 0.717) is 11.3 Å². The zero-order valence-electron chi connectivity index (χ0n) is 12.2. The van der Waals surface area contributed by atoms with Gasteiger partial charge in [-0.2, -0.15) is 13.4 Å². The van der Waals surface area contributed by atoms with Gasteiger partial charge in [0.25, 0.3) is 10.0 Å². The summed E-state index contributed by atoms with van der Waals surface area (Å²) in [5, 5.41) is 9.79. The summed E-state index contributed by atoms with van der Waals surface area (Å²) in [6.45, 7) is 0. The van der Waals surface area contributed by atoms with Crippen LogP contribution >= 0.6 is 11.3 Å². The van der Waals surface area contributed by atoms with E-state index >= 15 is 0 Å². The predicted molar refractivity (Wildman–Crippen MR) is 88.0 cm³/mol. The van der Waals surface area contributed by atoms with Crippen LogP contribution in [0.1, 0.15) is 10.4 Å². The molecule has 0 unspecified atom stereocenters. The first-order valence-corrected chi connectivity index (χ1v) is 9.11. The van der Waals surface area contributed by atoms with Crippen molar-refractivity contribution in [2.24, 2.45) is 0 Å². The molecule has 0 aliphatic carbocycles. The van der Waals surface area contributed by atoms with Gasteiger partial charge in [-0.05, 0) is 29.8 Å². The Hall–Kier alpha value is -2.52. The van der Waals surface area contributed by atoms with Crippen LogP contribution in [0.15, 0.2) is 53.7 Å². The van der Waals surface area contributed by atoms with Crippen LogP contribution in [-0.2, 0) is 16.4 Å². The van der Waals surface area contributed by atoms with E-state index in [0.717, 1.165) is 16.9 Å². The lowest BCUT2D eigenvalue weighted by atomic mass is 10.1. The first kappa shape index (κ1) is 16.3. The quantitative estimate of drug-likeness (QED) is 0.725. The number of nitrogens with zero attached hydrogens (tertiary/aromatic N) is 2. The molecule has 2 aromatic heterocycles. The Morgan fingerprint density at radius 3 is 2.58 bits per heavy atom. The van der Waals surface area contributed by atoms with E-state index in [2.05, 4.69) is 14.7 Å². The normalized spacial score (nSPS) is 11.4. The van der Waals surface area contributed by atoms with Gasteiger partial charge in [0.1, 0.15) is 5.82 Å². The van der Waals surface area contributed by atoms with Crippen LogP contribution in [0.25, 0.3) is 0 Å². The minimum absolute atomic E-state index is 0.0373. The van der Waals surface area contributed by atoms with E-state index in [4.69, 9.17) is 0 Å². The molecule has 24 heavy (non-hydrogen) atoms. The highest BCUT2D eigenvalue weighted by atomic mass is 32.2. The SMILES string of the molecule is O=S(=O)(Nc1nc(O)c(Cc2ccc(F)cc2)s1)c1ccccn1. The second kappa shape index (κ2) is 6.54. The summed E-state index contributed by atoms with van der Waals surface area (Å²) in [4.78, 5) is 8.07. The van der Waals surface area contributed by atoms with Crippen LogP contribution in [0.3, 0.4) is 0 Å². The average Bonchev–Trinajstić information content (AvgIpc) is 2.89. The van der Waals surface area contributed by atoms with Gasteiger partial charge in [0.2, 0.25) is 11.0 Å². The summed E-state index contributed by atoms with van der Waals surface area (Å²) in [6.07, 6.45) is 1.68. The van der Waals surface area contributed by atoms with Gasteiger partial charge in [0.15, 0.2) is 5.03 Å². The van der Waals surface area contributed by atoms with E-state index < -0.39 is 10.0 Å². The van der Waals surface area contributed by atoms with Crippen molar-refractivity contribution in [1.82, 2.24) is 9.97 Å². The van der Waals surface area contributed by atoms with E-state index in [1.54, 1.807) is 24.3 Å². The van der Waals surface area contributed by atoms with Crippen molar-refractivity contribution in [2.45, 2.75) is 11.4 Å². The molecule has 0 bridgehead atoms. The lowest BCUT2D eigenvalue weighted by Gasteiger charge is -2.03. The van der Waals surface area contributed by atoms with Gasteiger partial charge in [0.05, 0.1) is 4.88 Å². The Bertz CT molecular complexity index is 942. The highest BCUT2D eigenvalue weighted by Gasteiger charge is 2.19. The Kier molecular flexibility index (Phi) is 4.45. The van der Waals surface area contributed by atoms with Gasteiger partial charge in [-0.1, -0.05) is 29.5 Å². The number of pyridine rings is 1. The molecule has 0 amide bonds. The predicted octanol–water partition coefficient (Wildman–Crippen LogP) is 2.77. The Balaban J connectivity index is 1.80. The third kappa shape index (κ3) is 3.69. The molecule has 0 aliphatic rings. The second-order valence-corrected chi connectivity index (χ2v) is 7.56. The molecule has 2 N–H and O–H groups in total. The fourth-order valence-corrected chi connectivity index (χ4v) is 4.04. The van der Waals surface area contributed by atoms with Gasteiger partial charge >= 0.3 is 0 Å². The molecular formula is C15H12FN3O3S2. The number of sulfonamides is 1. The number of nitrogens with one attached hydrogen (secondary N) is 1. The molecule has 0 aliphatic heterocycles. The summed E-state index contributed by atoms with van der Waals surface area (Å²) in [6, 6.07) is 10.3. The van der Waals surface area contributed by atoms with Crippen molar-refractivity contribution in [3.63, 3.8) is 0 Å². The van der Waals surface area contributed by atoms with Gasteiger partial charge in [-0.3, -0.25) is 4.72 Å². The molecule has 9 heteroatoms. The zero-order chi connectivity index (χ0) is 17.2. The fourth-order valence-electron chi connectivity index (χ4n) is 1.96. The van der Waals surface area contributed by atoms with Crippen molar-refractivity contribution < 1.29 is 17.9 Å². The largest absolute Gasteiger partial charge is 0.492 e. The highest BCUT2D eigenvalue weighted by molar-refractivity contribution is 7.92. The highest BCUT2D eigenvalue weighted by Crippen LogP contribution is 2.31. The number of halogens is 1. The van der Waals surface area contributed by atoms with Crippen molar-refractivity contribution >= 4 is 26.5 Å². The number of hydrogen-bond donors (Lipinski definition) is 2. The lowest BCUT2D eigenvalue weighted by molar-refractivity contribution is 0.453. The van der Waals surface area contributed by atoms with Crippen LogP contribution in [0, 0.1) is 5.82 Å². The van der Waals surface area contributed by atoms with Crippen LogP contribution in [-0.4, -0.2) is 23.5 Å². The molecule has 0 saturated carbocycles. The molecule has 1 aromatic carbocycles. The van der Waals surface area contributed by atoms with Crippen molar-refractivity contribution in [3.8, 4) is 5.88 Å². The fraction of sp³-hybridized carbons (Fsp3) is 0.0667. The summed E-state index contributed by atoms with van der Waals surface area (Å²) < 4.78 is 39.6. The Morgan fingerprint density at radius 1 is 1.17 bits per heavy atom. The Morgan fingerprint density at radius 2 is 1.92 bits per heavy atom. The smallest absolute Gasteiger partial charge is 0.281 e. The van der Waals surface area contributed by atoms with Crippen LogP contribution in [0.4, 0.5) is 9.52 Å². The molecule has 0 radical (unpaired) electrons. The van der Waals surface area contributed by atoms with Crippen LogP contribution < -0.4 is 4.72 Å². The molecule has 3 aromatic rings.